The van der Waals surface area contributed by atoms with Gasteiger partial charge in [0.2, 0.25) is 0 Å². The molecule has 0 bridgehead atoms. The number of nitrogens with zero attached hydrogens (tertiary/aromatic N) is 1. The zero-order chi connectivity index (χ0) is 19.5. The van der Waals surface area contributed by atoms with Crippen LogP contribution >= 0.6 is 0 Å². The summed E-state index contributed by atoms with van der Waals surface area (Å²) in [6, 6.07) is -1.77. The lowest BCUT2D eigenvalue weighted by Crippen LogP contribution is -2.45. The maximum absolute atomic E-state index is 13.7. The number of rotatable bonds is 6. The molecule has 0 saturated carbocycles. The van der Waals surface area contributed by atoms with Gasteiger partial charge >= 0.3 is 12.1 Å². The number of nitrogens with one attached hydrogen (secondary N) is 1. The van der Waals surface area contributed by atoms with Crippen molar-refractivity contribution in [2.75, 3.05) is 0 Å². The quantitative estimate of drug-likeness (QED) is 0.775. The van der Waals surface area contributed by atoms with Crippen LogP contribution in [0.2, 0.25) is 0 Å². The highest BCUT2D eigenvalue weighted by Crippen LogP contribution is 2.35. The zero-order valence-corrected chi connectivity index (χ0v) is 15.5. The van der Waals surface area contributed by atoms with Crippen molar-refractivity contribution in [3.05, 3.63) is 29.1 Å². The van der Waals surface area contributed by atoms with Crippen molar-refractivity contribution < 1.29 is 23.1 Å². The number of aliphatic carboxylic acids is 1. The first-order valence-corrected chi connectivity index (χ1v) is 9.00. The first-order valence-electron chi connectivity index (χ1n) is 9.00. The van der Waals surface area contributed by atoms with Gasteiger partial charge in [-0.3, -0.25) is 15.1 Å². The Morgan fingerprint density at radius 1 is 1.27 bits per heavy atom. The minimum Gasteiger partial charge on any atom is -0.480 e. The summed E-state index contributed by atoms with van der Waals surface area (Å²) < 4.78 is 41.0. The molecule has 1 aromatic heterocycles. The standard InChI is InChI=1S/C19H27F3N2O2/c1-18(2,3)9-8-15(17(25)26)24-16(19(20,21)22)13-10-12-6-4-5-7-14(12)23-11-13/h10-11,15-16,24H,4-9H2,1-3H3,(H,25,26). The van der Waals surface area contributed by atoms with Crippen LogP contribution in [0.25, 0.3) is 0 Å². The molecule has 1 heterocycles. The fraction of sp³-hybridized carbons (Fsp3) is 0.684. The topological polar surface area (TPSA) is 62.2 Å². The third-order valence-electron chi connectivity index (χ3n) is 4.70. The number of aromatic nitrogens is 1. The highest BCUT2D eigenvalue weighted by atomic mass is 19.4. The smallest absolute Gasteiger partial charge is 0.407 e. The number of carbonyl (C=O) groups is 1. The van der Waals surface area contributed by atoms with E-state index in [4.69, 9.17) is 0 Å². The van der Waals surface area contributed by atoms with E-state index in [0.717, 1.165) is 30.5 Å². The van der Waals surface area contributed by atoms with Crippen LogP contribution in [0.1, 0.15) is 69.3 Å². The normalized spacial score (nSPS) is 17.5. The Labute approximate surface area is 152 Å². The summed E-state index contributed by atoms with van der Waals surface area (Å²) in [5, 5.41) is 11.7. The fourth-order valence-corrected chi connectivity index (χ4v) is 3.20. The Morgan fingerprint density at radius 2 is 1.92 bits per heavy atom. The van der Waals surface area contributed by atoms with Gasteiger partial charge in [0.25, 0.3) is 0 Å². The molecule has 26 heavy (non-hydrogen) atoms. The first-order chi connectivity index (χ1) is 12.0. The molecule has 0 saturated heterocycles. The molecule has 4 nitrogen and oxygen atoms in total. The number of alkyl halides is 3. The average molecular weight is 372 g/mol. The number of fused-ring (bicyclic) bond motifs is 1. The van der Waals surface area contributed by atoms with Gasteiger partial charge in [0.1, 0.15) is 12.1 Å². The van der Waals surface area contributed by atoms with Crippen molar-refractivity contribution in [3.63, 3.8) is 0 Å². The third-order valence-corrected chi connectivity index (χ3v) is 4.70. The zero-order valence-electron chi connectivity index (χ0n) is 15.5. The molecular weight excluding hydrogens is 345 g/mol. The van der Waals surface area contributed by atoms with Gasteiger partial charge in [-0.05, 0) is 55.1 Å². The highest BCUT2D eigenvalue weighted by molar-refractivity contribution is 5.73. The summed E-state index contributed by atoms with van der Waals surface area (Å²) >= 11 is 0. The van der Waals surface area contributed by atoms with Gasteiger partial charge in [-0.25, -0.2) is 0 Å². The molecule has 0 spiro atoms. The minimum atomic E-state index is -4.60. The Kier molecular flexibility index (Phi) is 6.32. The van der Waals surface area contributed by atoms with E-state index in [0.29, 0.717) is 12.8 Å². The van der Waals surface area contributed by atoms with Gasteiger partial charge in [-0.15, -0.1) is 0 Å². The highest BCUT2D eigenvalue weighted by Gasteiger charge is 2.43. The summed E-state index contributed by atoms with van der Waals surface area (Å²) in [6.45, 7) is 5.79. The van der Waals surface area contributed by atoms with Gasteiger partial charge in [0.05, 0.1) is 0 Å². The predicted octanol–water partition coefficient (Wildman–Crippen LogP) is 4.43. The van der Waals surface area contributed by atoms with Crippen molar-refractivity contribution in [1.29, 1.82) is 0 Å². The molecule has 7 heteroatoms. The largest absolute Gasteiger partial charge is 0.480 e. The molecule has 2 N–H and O–H groups in total. The van der Waals surface area contributed by atoms with Crippen LogP contribution in [-0.2, 0) is 17.6 Å². The number of pyridine rings is 1. The third kappa shape index (κ3) is 5.69. The second kappa shape index (κ2) is 7.94. The van der Waals surface area contributed by atoms with Gasteiger partial charge in [0.15, 0.2) is 0 Å². The maximum Gasteiger partial charge on any atom is 0.407 e. The Bertz CT molecular complexity index is 639. The molecule has 2 atom stereocenters. The average Bonchev–Trinajstić information content (AvgIpc) is 2.52. The number of hydrogen-bond acceptors (Lipinski definition) is 3. The molecule has 1 aliphatic rings. The maximum atomic E-state index is 13.7. The summed E-state index contributed by atoms with van der Waals surface area (Å²) in [4.78, 5) is 15.7. The summed E-state index contributed by atoms with van der Waals surface area (Å²) in [6.07, 6.45) is 0.696. The van der Waals surface area contributed by atoms with Gasteiger partial charge in [-0.2, -0.15) is 13.2 Å². The minimum absolute atomic E-state index is 0.0137. The molecule has 1 aromatic rings. The van der Waals surface area contributed by atoms with Crippen LogP contribution in [0.3, 0.4) is 0 Å². The molecule has 0 aromatic carbocycles. The predicted molar refractivity (Wildman–Crippen MR) is 92.9 cm³/mol. The van der Waals surface area contributed by atoms with Crippen molar-refractivity contribution in [2.24, 2.45) is 5.41 Å². The van der Waals surface area contributed by atoms with Crippen LogP contribution in [-0.4, -0.2) is 28.3 Å². The molecule has 0 amide bonds. The van der Waals surface area contributed by atoms with Crippen molar-refractivity contribution in [1.82, 2.24) is 10.3 Å². The molecule has 0 aliphatic heterocycles. The van der Waals surface area contributed by atoms with Crippen LogP contribution in [0, 0.1) is 5.41 Å². The Hall–Kier alpha value is -1.63. The lowest BCUT2D eigenvalue weighted by atomic mass is 9.88. The van der Waals surface area contributed by atoms with E-state index in [9.17, 15) is 23.1 Å². The molecular formula is C19H27F3N2O2. The van der Waals surface area contributed by atoms with Crippen molar-refractivity contribution >= 4 is 5.97 Å². The summed E-state index contributed by atoms with van der Waals surface area (Å²) in [5.41, 5.74) is 1.52. The fourth-order valence-electron chi connectivity index (χ4n) is 3.20. The van der Waals surface area contributed by atoms with E-state index >= 15 is 0 Å². The SMILES string of the molecule is CC(C)(C)CCC(NC(c1cnc2c(c1)CCCC2)C(F)(F)F)C(=O)O. The van der Waals surface area contributed by atoms with E-state index < -0.39 is 24.2 Å². The lowest BCUT2D eigenvalue weighted by molar-refractivity contribution is -0.163. The van der Waals surface area contributed by atoms with Gasteiger partial charge in [0, 0.05) is 11.9 Å². The number of carboxylic acid groups (broad SMARTS) is 1. The van der Waals surface area contributed by atoms with E-state index in [1.165, 1.54) is 12.3 Å². The van der Waals surface area contributed by atoms with Gasteiger partial charge < -0.3 is 5.11 Å². The number of hydrogen-bond donors (Lipinski definition) is 2. The Balaban J connectivity index is 2.25. The number of halogens is 3. The molecule has 0 radical (unpaired) electrons. The van der Waals surface area contributed by atoms with Crippen LogP contribution < -0.4 is 5.32 Å². The molecule has 146 valence electrons. The Morgan fingerprint density at radius 3 is 2.50 bits per heavy atom. The van der Waals surface area contributed by atoms with E-state index in [1.54, 1.807) is 0 Å². The van der Waals surface area contributed by atoms with Crippen molar-refractivity contribution in [3.8, 4) is 0 Å². The molecule has 0 fully saturated rings. The molecule has 1 aliphatic carbocycles. The molecule has 2 unspecified atom stereocenters. The lowest BCUT2D eigenvalue weighted by Gasteiger charge is -2.28. The summed E-state index contributed by atoms with van der Waals surface area (Å²) in [5.74, 6) is -1.27. The molecule has 2 rings (SSSR count). The van der Waals surface area contributed by atoms with Crippen molar-refractivity contribution in [2.45, 2.75) is 77.6 Å². The first kappa shape index (κ1) is 20.7. The summed E-state index contributed by atoms with van der Waals surface area (Å²) in [7, 11) is 0. The van der Waals surface area contributed by atoms with Crippen LogP contribution in [0.15, 0.2) is 12.3 Å². The second-order valence-corrected chi connectivity index (χ2v) is 8.21. The van der Waals surface area contributed by atoms with Gasteiger partial charge in [-0.1, -0.05) is 26.8 Å². The van der Waals surface area contributed by atoms with E-state index in [-0.39, 0.29) is 17.4 Å². The van der Waals surface area contributed by atoms with Crippen LogP contribution in [0.5, 0.6) is 0 Å². The number of aryl methyl sites for hydroxylation is 2. The van der Waals surface area contributed by atoms with Crippen LogP contribution in [0.4, 0.5) is 13.2 Å². The van der Waals surface area contributed by atoms with E-state index in [2.05, 4.69) is 10.3 Å². The second-order valence-electron chi connectivity index (χ2n) is 8.21. The van der Waals surface area contributed by atoms with E-state index in [1.807, 2.05) is 20.8 Å². The monoisotopic (exact) mass is 372 g/mol. The number of carboxylic acids is 1.